The monoisotopic (exact) mass is 394 g/mol. The van der Waals surface area contributed by atoms with E-state index in [4.69, 9.17) is 27.9 Å². The summed E-state index contributed by atoms with van der Waals surface area (Å²) in [7, 11) is 0. The first kappa shape index (κ1) is 17.7. The summed E-state index contributed by atoms with van der Waals surface area (Å²) in [6.07, 6.45) is 4.55. The maximum absolute atomic E-state index is 12.7. The maximum Gasteiger partial charge on any atom is 0.251 e. The molecule has 138 valence electrons. The van der Waals surface area contributed by atoms with Gasteiger partial charge in [0.15, 0.2) is 12.3 Å². The third kappa shape index (κ3) is 3.32. The average Bonchev–Trinajstić information content (AvgIpc) is 3.17. The van der Waals surface area contributed by atoms with Gasteiger partial charge in [-0.25, -0.2) is 0 Å². The van der Waals surface area contributed by atoms with E-state index in [2.05, 4.69) is 16.4 Å². The molecule has 0 spiro atoms. The number of halogens is 2. The second-order valence-electron chi connectivity index (χ2n) is 7.09. The molecule has 3 aliphatic heterocycles. The van der Waals surface area contributed by atoms with Crippen LogP contribution in [0.5, 0.6) is 0 Å². The maximum atomic E-state index is 12.7. The molecule has 0 aromatic heterocycles. The molecule has 3 heterocycles. The lowest BCUT2D eigenvalue weighted by Gasteiger charge is -2.35. The summed E-state index contributed by atoms with van der Waals surface area (Å²) in [5, 5.41) is 13.5. The predicted molar refractivity (Wildman–Crippen MR) is 99.2 cm³/mol. The fourth-order valence-electron chi connectivity index (χ4n) is 4.34. The number of carbonyl (C=O) groups excluding carboxylic acids is 1. The van der Waals surface area contributed by atoms with Crippen LogP contribution in [0.1, 0.15) is 19.3 Å². The Morgan fingerprint density at radius 3 is 2.73 bits per heavy atom. The van der Waals surface area contributed by atoms with Gasteiger partial charge < -0.3 is 19.9 Å². The molecule has 1 unspecified atom stereocenters. The number of rotatable bonds is 3. The van der Waals surface area contributed by atoms with Crippen LogP contribution in [0.25, 0.3) is 0 Å². The largest absolute Gasteiger partial charge is 0.366 e. The summed E-state index contributed by atoms with van der Waals surface area (Å²) in [6.45, 7) is 1.59. The fourth-order valence-corrected chi connectivity index (χ4v) is 4.85. The molecule has 0 radical (unpaired) electrons. The fraction of sp³-hybridized carbons (Fsp3) is 0.556. The van der Waals surface area contributed by atoms with Gasteiger partial charge in [-0.3, -0.25) is 4.79 Å². The Morgan fingerprint density at radius 1 is 1.27 bits per heavy atom. The second-order valence-corrected chi connectivity index (χ2v) is 7.96. The number of amides is 1. The van der Waals surface area contributed by atoms with Crippen molar-refractivity contribution in [3.8, 4) is 6.19 Å². The van der Waals surface area contributed by atoms with Crippen molar-refractivity contribution in [3.63, 3.8) is 0 Å². The smallest absolute Gasteiger partial charge is 0.251 e. The van der Waals surface area contributed by atoms with Crippen LogP contribution in [0, 0.1) is 11.5 Å². The van der Waals surface area contributed by atoms with Crippen LogP contribution in [0.3, 0.4) is 0 Å². The number of ether oxygens (including phenoxy) is 1. The van der Waals surface area contributed by atoms with E-state index in [1.807, 2.05) is 17.0 Å². The molecule has 4 atom stereocenters. The van der Waals surface area contributed by atoms with Crippen LogP contribution >= 0.6 is 23.2 Å². The molecular weight excluding hydrogens is 375 g/mol. The van der Waals surface area contributed by atoms with Crippen molar-refractivity contribution in [1.82, 2.24) is 10.2 Å². The molecule has 2 bridgehead atoms. The van der Waals surface area contributed by atoms with Crippen molar-refractivity contribution in [2.75, 3.05) is 24.6 Å². The molecule has 1 N–H and O–H groups in total. The van der Waals surface area contributed by atoms with Gasteiger partial charge in [-0.1, -0.05) is 23.2 Å². The summed E-state index contributed by atoms with van der Waals surface area (Å²) >= 11 is 12.2. The van der Waals surface area contributed by atoms with Crippen LogP contribution in [0.2, 0.25) is 10.0 Å². The van der Waals surface area contributed by atoms with Gasteiger partial charge in [0, 0.05) is 28.3 Å². The number of morpholine rings is 1. The van der Waals surface area contributed by atoms with E-state index in [9.17, 15) is 10.1 Å². The van der Waals surface area contributed by atoms with Gasteiger partial charge in [0.2, 0.25) is 0 Å². The Kier molecular flexibility index (Phi) is 4.87. The third-order valence-corrected chi connectivity index (χ3v) is 5.99. The van der Waals surface area contributed by atoms with Crippen LogP contribution in [0.4, 0.5) is 5.69 Å². The van der Waals surface area contributed by atoms with Crippen LogP contribution in [-0.4, -0.2) is 54.7 Å². The molecule has 1 amide bonds. The van der Waals surface area contributed by atoms with Crippen LogP contribution in [-0.2, 0) is 9.53 Å². The van der Waals surface area contributed by atoms with E-state index in [1.165, 1.54) is 0 Å². The van der Waals surface area contributed by atoms with Gasteiger partial charge in [0.05, 0.1) is 25.2 Å². The van der Waals surface area contributed by atoms with Crippen molar-refractivity contribution >= 4 is 34.8 Å². The standard InChI is InChI=1S/C18H20Cl2N4O2/c19-11-5-12(20)7-14(6-11)23-3-4-26-17(9-23)18(25)22-15-8-13-1-2-16(15)24(13)10-21/h5-7,13,15-17H,1-4,8-9H2,(H,22,25)/t13-,15+,16+,17?/m0/s1. The number of nitrogens with one attached hydrogen (secondary N) is 1. The first-order chi connectivity index (χ1) is 12.5. The number of hydrogen-bond donors (Lipinski definition) is 1. The van der Waals surface area contributed by atoms with E-state index < -0.39 is 6.10 Å². The molecule has 3 fully saturated rings. The molecule has 6 nitrogen and oxygen atoms in total. The topological polar surface area (TPSA) is 68.6 Å². The first-order valence-electron chi connectivity index (χ1n) is 8.86. The number of benzene rings is 1. The summed E-state index contributed by atoms with van der Waals surface area (Å²) in [4.78, 5) is 16.6. The molecule has 4 rings (SSSR count). The SMILES string of the molecule is N#CN1[C@H]2CC[C@@H]1[C@H](NC(=O)C1CN(c3cc(Cl)cc(Cl)c3)CCO1)C2. The van der Waals surface area contributed by atoms with Crippen molar-refractivity contribution in [3.05, 3.63) is 28.2 Å². The second kappa shape index (κ2) is 7.15. The van der Waals surface area contributed by atoms with Gasteiger partial charge in [-0.2, -0.15) is 5.26 Å². The molecule has 26 heavy (non-hydrogen) atoms. The zero-order valence-corrected chi connectivity index (χ0v) is 15.7. The number of anilines is 1. The van der Waals surface area contributed by atoms with Gasteiger partial charge in [0.25, 0.3) is 5.91 Å². The van der Waals surface area contributed by atoms with E-state index >= 15 is 0 Å². The van der Waals surface area contributed by atoms with Gasteiger partial charge in [0.1, 0.15) is 0 Å². The molecule has 3 aliphatic rings. The Balaban J connectivity index is 1.40. The lowest BCUT2D eigenvalue weighted by atomic mass is 9.95. The van der Waals surface area contributed by atoms with Crippen LogP contribution < -0.4 is 10.2 Å². The van der Waals surface area contributed by atoms with Crippen LogP contribution in [0.15, 0.2) is 18.2 Å². The molecule has 0 aliphatic carbocycles. The van der Waals surface area contributed by atoms with Crippen molar-refractivity contribution < 1.29 is 9.53 Å². The van der Waals surface area contributed by atoms with Gasteiger partial charge in [-0.15, -0.1) is 0 Å². The number of fused-ring (bicyclic) bond motifs is 2. The minimum Gasteiger partial charge on any atom is -0.366 e. The first-order valence-corrected chi connectivity index (χ1v) is 9.62. The average molecular weight is 395 g/mol. The molecule has 8 heteroatoms. The lowest BCUT2D eigenvalue weighted by Crippen LogP contribution is -2.53. The minimum absolute atomic E-state index is 0.0282. The molecule has 0 saturated carbocycles. The molecule has 1 aromatic carbocycles. The highest BCUT2D eigenvalue weighted by Crippen LogP contribution is 2.37. The quantitative estimate of drug-likeness (QED) is 0.797. The molecular formula is C18H20Cl2N4O2. The van der Waals surface area contributed by atoms with Gasteiger partial charge >= 0.3 is 0 Å². The Hall–Kier alpha value is -1.68. The molecule has 3 saturated heterocycles. The Labute approximate surface area is 162 Å². The van der Waals surface area contributed by atoms with Crippen molar-refractivity contribution in [2.45, 2.75) is 43.5 Å². The van der Waals surface area contributed by atoms with E-state index in [1.54, 1.807) is 6.07 Å². The number of nitriles is 1. The Morgan fingerprint density at radius 2 is 2.04 bits per heavy atom. The normalized spacial score (nSPS) is 30.3. The summed E-state index contributed by atoms with van der Waals surface area (Å²) < 4.78 is 5.70. The lowest BCUT2D eigenvalue weighted by molar-refractivity contribution is -0.134. The highest BCUT2D eigenvalue weighted by molar-refractivity contribution is 6.35. The summed E-state index contributed by atoms with van der Waals surface area (Å²) in [5.74, 6) is -0.113. The zero-order valence-electron chi connectivity index (χ0n) is 14.2. The molecule has 1 aromatic rings. The summed E-state index contributed by atoms with van der Waals surface area (Å²) in [6, 6.07) is 5.80. The highest BCUT2D eigenvalue weighted by Gasteiger charge is 2.47. The third-order valence-electron chi connectivity index (χ3n) is 5.55. The minimum atomic E-state index is -0.545. The van der Waals surface area contributed by atoms with E-state index in [-0.39, 0.29) is 24.0 Å². The number of nitrogens with zero attached hydrogens (tertiary/aromatic N) is 3. The predicted octanol–water partition coefficient (Wildman–Crippen LogP) is 2.40. The Bertz CT molecular complexity index is 733. The number of carbonyl (C=O) groups is 1. The van der Waals surface area contributed by atoms with E-state index in [0.29, 0.717) is 29.7 Å². The van der Waals surface area contributed by atoms with Crippen molar-refractivity contribution in [1.29, 1.82) is 5.26 Å². The van der Waals surface area contributed by atoms with Crippen molar-refractivity contribution in [2.24, 2.45) is 0 Å². The van der Waals surface area contributed by atoms with Gasteiger partial charge in [-0.05, 0) is 37.5 Å². The number of hydrogen-bond acceptors (Lipinski definition) is 5. The summed E-state index contributed by atoms with van der Waals surface area (Å²) in [5.41, 5.74) is 0.888. The van der Waals surface area contributed by atoms with E-state index in [0.717, 1.165) is 24.9 Å². The zero-order chi connectivity index (χ0) is 18.3. The highest BCUT2D eigenvalue weighted by atomic mass is 35.5.